The molecule has 4 saturated heterocycles. The Kier molecular flexibility index (Phi) is 14.1. The van der Waals surface area contributed by atoms with Crippen molar-refractivity contribution in [2.24, 2.45) is 5.73 Å². The number of hydrogen-bond donors (Lipinski definition) is 4. The summed E-state index contributed by atoms with van der Waals surface area (Å²) < 4.78 is 11.9. The quantitative estimate of drug-likeness (QED) is 0.0837. The average molecular weight is 825 g/mol. The third-order valence-electron chi connectivity index (χ3n) is 11.7. The number of unbranched alkanes of at least 4 members (excludes halogenated alkanes) is 1. The minimum absolute atomic E-state index is 0.0126. The van der Waals surface area contributed by atoms with Gasteiger partial charge in [0, 0.05) is 94.0 Å². The molecule has 5 N–H and O–H groups in total. The number of nitrogens with one attached hydrogen (secondary N) is 3. The van der Waals surface area contributed by atoms with E-state index < -0.39 is 5.91 Å². The van der Waals surface area contributed by atoms with Gasteiger partial charge >= 0.3 is 6.03 Å². The average Bonchev–Trinajstić information content (AvgIpc) is 3.71. The second-order valence-electron chi connectivity index (χ2n) is 16.0. The number of thioether (sulfide) groups is 1. The number of benzene rings is 2. The molecule has 4 fully saturated rings. The maximum atomic E-state index is 13.1. The first kappa shape index (κ1) is 42.0. The van der Waals surface area contributed by atoms with Crippen molar-refractivity contribution < 1.29 is 28.7 Å². The lowest BCUT2D eigenvalue weighted by molar-refractivity contribution is -0.127. The SMILES string of the molecule is C[C@]12CS[C@@H](CCCCC(=O)NCCN3CCN(C/C=C/C(=O)N4CCC(c5ccc(C(N)=O)c(Oc6ccc(Oc7ccccc7)cc6)n5)CC4)CC3)[C@H]1NC(=O)N2. The van der Waals surface area contributed by atoms with Gasteiger partial charge < -0.3 is 36.1 Å². The van der Waals surface area contributed by atoms with Crippen LogP contribution in [0.4, 0.5) is 4.79 Å². The van der Waals surface area contributed by atoms with Crippen LogP contribution >= 0.6 is 11.8 Å². The fraction of sp³-hybridized carbons (Fsp3) is 0.477. The maximum Gasteiger partial charge on any atom is 0.315 e. The highest BCUT2D eigenvalue weighted by Gasteiger charge is 2.51. The number of urea groups is 1. The Labute approximate surface area is 350 Å². The van der Waals surface area contributed by atoms with E-state index >= 15 is 0 Å². The Morgan fingerprint density at radius 2 is 1.61 bits per heavy atom. The van der Waals surface area contributed by atoms with Crippen molar-refractivity contribution in [2.45, 2.75) is 68.2 Å². The van der Waals surface area contributed by atoms with Crippen molar-refractivity contribution in [3.63, 3.8) is 0 Å². The number of carbonyl (C=O) groups is 4. The summed E-state index contributed by atoms with van der Waals surface area (Å²) in [6.07, 6.45) is 8.51. The summed E-state index contributed by atoms with van der Waals surface area (Å²) in [5.41, 5.74) is 6.51. The Morgan fingerprint density at radius 3 is 2.34 bits per heavy atom. The maximum absolute atomic E-state index is 13.1. The molecule has 5 amide bonds. The van der Waals surface area contributed by atoms with E-state index in [-0.39, 0.29) is 46.8 Å². The molecule has 14 nitrogen and oxygen atoms in total. The first-order valence-electron chi connectivity index (χ1n) is 20.8. The van der Waals surface area contributed by atoms with Crippen LogP contribution in [0.5, 0.6) is 23.1 Å². The van der Waals surface area contributed by atoms with E-state index in [9.17, 15) is 19.2 Å². The van der Waals surface area contributed by atoms with Gasteiger partial charge in [0.2, 0.25) is 17.7 Å². The van der Waals surface area contributed by atoms with Crippen molar-refractivity contribution >= 4 is 35.5 Å². The minimum atomic E-state index is -0.622. The van der Waals surface area contributed by atoms with Gasteiger partial charge in [-0.15, -0.1) is 0 Å². The van der Waals surface area contributed by atoms with E-state index in [1.165, 1.54) is 0 Å². The third kappa shape index (κ3) is 11.3. The predicted octanol–water partition coefficient (Wildman–Crippen LogP) is 4.88. The van der Waals surface area contributed by atoms with Crippen molar-refractivity contribution in [2.75, 3.05) is 64.7 Å². The number of pyridine rings is 1. The summed E-state index contributed by atoms with van der Waals surface area (Å²) >= 11 is 1.91. The van der Waals surface area contributed by atoms with E-state index in [1.54, 1.807) is 36.4 Å². The number of nitrogens with two attached hydrogens (primary N) is 1. The van der Waals surface area contributed by atoms with Crippen LogP contribution in [0.15, 0.2) is 78.9 Å². The van der Waals surface area contributed by atoms with Crippen molar-refractivity contribution in [1.29, 1.82) is 0 Å². The number of amides is 5. The number of piperazine rings is 1. The number of primary amides is 1. The van der Waals surface area contributed by atoms with Crippen LogP contribution in [0.1, 0.15) is 67.4 Å². The molecule has 7 rings (SSSR count). The Balaban J connectivity index is 0.766. The number of carbonyl (C=O) groups excluding carboxylic acids is 4. The summed E-state index contributed by atoms with van der Waals surface area (Å²) in [6, 6.07) is 20.2. The molecule has 0 radical (unpaired) electrons. The molecule has 4 aliphatic heterocycles. The molecule has 0 bridgehead atoms. The monoisotopic (exact) mass is 824 g/mol. The highest BCUT2D eigenvalue weighted by Crippen LogP contribution is 2.40. The van der Waals surface area contributed by atoms with Crippen molar-refractivity contribution in [3.8, 4) is 23.1 Å². The molecule has 0 spiro atoms. The lowest BCUT2D eigenvalue weighted by Gasteiger charge is -2.34. The number of aromatic nitrogens is 1. The van der Waals surface area contributed by atoms with Gasteiger partial charge in [0.25, 0.3) is 5.91 Å². The molecule has 0 aliphatic carbocycles. The van der Waals surface area contributed by atoms with Crippen LogP contribution in [-0.4, -0.2) is 125 Å². The Hall–Kier alpha value is -5.12. The summed E-state index contributed by atoms with van der Waals surface area (Å²) in [6.45, 7) is 9.19. The van der Waals surface area contributed by atoms with Crippen LogP contribution in [0.25, 0.3) is 0 Å². The lowest BCUT2D eigenvalue weighted by Crippen LogP contribution is -2.48. The van der Waals surface area contributed by atoms with Crippen molar-refractivity contribution in [3.05, 3.63) is 90.1 Å². The molecule has 2 aromatic carbocycles. The predicted molar refractivity (Wildman–Crippen MR) is 228 cm³/mol. The van der Waals surface area contributed by atoms with E-state index in [4.69, 9.17) is 20.2 Å². The first-order valence-corrected chi connectivity index (χ1v) is 21.9. The molecule has 3 aromatic rings. The van der Waals surface area contributed by atoms with E-state index in [1.807, 2.05) is 59.1 Å². The number of piperidine rings is 1. The first-order chi connectivity index (χ1) is 28.6. The van der Waals surface area contributed by atoms with Crippen molar-refractivity contribution in [1.82, 2.24) is 35.6 Å². The molecule has 5 heterocycles. The zero-order valence-electron chi connectivity index (χ0n) is 33.8. The molecule has 15 heteroatoms. The number of ether oxygens (including phenoxy) is 2. The minimum Gasteiger partial charge on any atom is -0.457 e. The number of hydrogen-bond acceptors (Lipinski definition) is 10. The molecular weight excluding hydrogens is 769 g/mol. The number of nitrogens with zero attached hydrogens (tertiary/aromatic N) is 4. The zero-order chi connectivity index (χ0) is 41.2. The number of likely N-dealkylation sites (tertiary alicyclic amines) is 1. The Morgan fingerprint density at radius 1 is 0.915 bits per heavy atom. The molecule has 3 atom stereocenters. The molecule has 59 heavy (non-hydrogen) atoms. The molecule has 0 saturated carbocycles. The summed E-state index contributed by atoms with van der Waals surface area (Å²) in [5.74, 6) is 2.56. The van der Waals surface area contributed by atoms with E-state index in [0.717, 1.165) is 88.6 Å². The van der Waals surface area contributed by atoms with Gasteiger partial charge in [0.15, 0.2) is 0 Å². The van der Waals surface area contributed by atoms with Gasteiger partial charge in [0.1, 0.15) is 22.8 Å². The van der Waals surface area contributed by atoms with Gasteiger partial charge in [-0.25, -0.2) is 9.78 Å². The summed E-state index contributed by atoms with van der Waals surface area (Å²) in [7, 11) is 0. The van der Waals surface area contributed by atoms with Gasteiger partial charge in [-0.1, -0.05) is 30.7 Å². The topological polar surface area (TPSA) is 171 Å². The summed E-state index contributed by atoms with van der Waals surface area (Å²) in [4.78, 5) is 60.9. The molecule has 4 aliphatic rings. The summed E-state index contributed by atoms with van der Waals surface area (Å²) in [5, 5.41) is 9.61. The largest absolute Gasteiger partial charge is 0.457 e. The fourth-order valence-electron chi connectivity index (χ4n) is 8.26. The van der Waals surface area contributed by atoms with Gasteiger partial charge in [-0.05, 0) is 81.1 Å². The number of rotatable bonds is 17. The Bertz CT molecular complexity index is 1950. The van der Waals surface area contributed by atoms with Crippen LogP contribution in [-0.2, 0) is 9.59 Å². The molecule has 1 aromatic heterocycles. The molecular formula is C44H56N8O6S. The standard InChI is InChI=1S/C44H56N8O6S/c1-44-30-59-37(40(44)48-43(56)49-44)10-5-6-11-38(53)46-21-25-51-28-26-50(27-29-51)22-7-12-39(54)52-23-19-31(20-24-52)36-18-17-35(41(45)55)42(47-36)58-34-15-13-33(14-16-34)57-32-8-3-2-4-9-32/h2-4,7-9,12-18,31,37,40H,5-6,10-11,19-30H2,1H3,(H2,45,55)(H,46,53)(H2,48,49,56)/b12-7+/t37-,40+,44-/m0/s1. The lowest BCUT2D eigenvalue weighted by atomic mass is 9.92. The number of para-hydroxylation sites is 1. The smallest absolute Gasteiger partial charge is 0.315 e. The highest BCUT2D eigenvalue weighted by atomic mass is 32.2. The van der Waals surface area contributed by atoms with Crippen LogP contribution in [0.2, 0.25) is 0 Å². The van der Waals surface area contributed by atoms with Gasteiger partial charge in [-0.3, -0.25) is 24.2 Å². The van der Waals surface area contributed by atoms with E-state index in [2.05, 4.69) is 32.7 Å². The second kappa shape index (κ2) is 19.8. The molecule has 314 valence electrons. The molecule has 0 unspecified atom stereocenters. The van der Waals surface area contributed by atoms with Crippen LogP contribution < -0.4 is 31.2 Å². The fourth-order valence-corrected chi connectivity index (χ4v) is 9.97. The van der Waals surface area contributed by atoms with Crippen LogP contribution in [0.3, 0.4) is 0 Å². The second-order valence-corrected chi connectivity index (χ2v) is 17.3. The number of fused-ring (bicyclic) bond motifs is 1. The normalized spacial score (nSPS) is 22.5. The highest BCUT2D eigenvalue weighted by molar-refractivity contribution is 8.00. The van der Waals surface area contributed by atoms with Gasteiger partial charge in [-0.2, -0.15) is 11.8 Å². The van der Waals surface area contributed by atoms with Gasteiger partial charge in [0.05, 0.1) is 11.6 Å². The third-order valence-corrected chi connectivity index (χ3v) is 13.4. The van der Waals surface area contributed by atoms with Crippen LogP contribution in [0, 0.1) is 0 Å². The van der Waals surface area contributed by atoms with E-state index in [0.29, 0.717) is 42.8 Å². The zero-order valence-corrected chi connectivity index (χ0v) is 34.6.